The molecule has 0 aromatic heterocycles. The Balaban J connectivity index is 1.89. The molecule has 0 radical (unpaired) electrons. The molecular formula is C31H53NO7. The molecule has 8 heteroatoms. The van der Waals surface area contributed by atoms with E-state index in [9.17, 15) is 9.59 Å². The van der Waals surface area contributed by atoms with E-state index in [0.717, 1.165) is 31.3 Å². The van der Waals surface area contributed by atoms with E-state index in [1.807, 2.05) is 0 Å². The number of epoxide rings is 1. The first-order chi connectivity index (χ1) is 18.5. The lowest BCUT2D eigenvalue weighted by molar-refractivity contribution is -0.146. The molecule has 9 atom stereocenters. The number of ether oxygens (including phenoxy) is 4. The van der Waals surface area contributed by atoms with Gasteiger partial charge < -0.3 is 29.4 Å². The maximum atomic E-state index is 12.7. The highest BCUT2D eigenvalue weighted by Gasteiger charge is 2.56. The first-order valence-corrected chi connectivity index (χ1v) is 14.7. The molecule has 0 saturated carbocycles. The highest BCUT2D eigenvalue weighted by molar-refractivity contribution is 5.84. The maximum Gasteiger partial charge on any atom is 0.328 e. The third-order valence-electron chi connectivity index (χ3n) is 8.37. The van der Waals surface area contributed by atoms with Crippen molar-refractivity contribution in [1.82, 2.24) is 5.32 Å². The number of methoxy groups -OCH3 is 2. The lowest BCUT2D eigenvalue weighted by Gasteiger charge is -2.35. The number of nitrogens with one attached hydrogen (secondary N) is 1. The van der Waals surface area contributed by atoms with Crippen LogP contribution in [0.25, 0.3) is 0 Å². The molecule has 2 heterocycles. The van der Waals surface area contributed by atoms with E-state index in [1.165, 1.54) is 7.11 Å². The molecule has 2 rings (SSSR count). The Hall–Kier alpha value is -1.74. The van der Waals surface area contributed by atoms with E-state index in [2.05, 4.69) is 65.1 Å². The van der Waals surface area contributed by atoms with Crippen molar-refractivity contribution in [1.29, 1.82) is 0 Å². The third kappa shape index (κ3) is 9.99. The summed E-state index contributed by atoms with van der Waals surface area (Å²) in [5, 5.41) is 11.8. The van der Waals surface area contributed by atoms with Gasteiger partial charge in [0.05, 0.1) is 43.5 Å². The van der Waals surface area contributed by atoms with Gasteiger partial charge in [0.2, 0.25) is 5.91 Å². The van der Waals surface area contributed by atoms with Crippen LogP contribution in [0.1, 0.15) is 86.5 Å². The van der Waals surface area contributed by atoms with Crippen molar-refractivity contribution in [3.8, 4) is 0 Å². The molecule has 0 aromatic rings. The monoisotopic (exact) mass is 551 g/mol. The largest absolute Gasteiger partial charge is 0.467 e. The molecule has 0 spiro atoms. The van der Waals surface area contributed by atoms with Crippen LogP contribution < -0.4 is 5.32 Å². The van der Waals surface area contributed by atoms with E-state index < -0.39 is 12.0 Å². The molecule has 2 N–H and O–H groups in total. The van der Waals surface area contributed by atoms with Crippen molar-refractivity contribution in [3.05, 3.63) is 23.8 Å². The van der Waals surface area contributed by atoms with Gasteiger partial charge in [0.15, 0.2) is 0 Å². The summed E-state index contributed by atoms with van der Waals surface area (Å²) in [6, 6.07) is -0.753. The highest BCUT2D eigenvalue weighted by atomic mass is 16.6. The predicted octanol–water partition coefficient (Wildman–Crippen LogP) is 4.74. The van der Waals surface area contributed by atoms with Crippen molar-refractivity contribution in [3.63, 3.8) is 0 Å². The molecule has 2 aliphatic heterocycles. The topological polar surface area (TPSA) is 107 Å². The van der Waals surface area contributed by atoms with Crippen molar-refractivity contribution in [2.45, 2.75) is 123 Å². The Morgan fingerprint density at radius 3 is 2.56 bits per heavy atom. The Morgan fingerprint density at radius 2 is 1.95 bits per heavy atom. The summed E-state index contributed by atoms with van der Waals surface area (Å²) in [6.07, 6.45) is 11.3. The van der Waals surface area contributed by atoms with Gasteiger partial charge in [-0.3, -0.25) is 4.79 Å². The Kier molecular flexibility index (Phi) is 13.6. The van der Waals surface area contributed by atoms with Crippen LogP contribution in [-0.2, 0) is 28.5 Å². The van der Waals surface area contributed by atoms with Crippen LogP contribution in [0, 0.1) is 17.8 Å². The van der Waals surface area contributed by atoms with Crippen molar-refractivity contribution < 1.29 is 33.6 Å². The quantitative estimate of drug-likeness (QED) is 0.162. The van der Waals surface area contributed by atoms with Crippen LogP contribution in [-0.4, -0.2) is 73.9 Å². The fourth-order valence-electron chi connectivity index (χ4n) is 6.09. The van der Waals surface area contributed by atoms with Gasteiger partial charge in [-0.05, 0) is 69.8 Å². The summed E-state index contributed by atoms with van der Waals surface area (Å²) in [5.41, 5.74) is 1.03. The fraction of sp³-hybridized carbons (Fsp3) is 0.806. The Labute approximate surface area is 235 Å². The van der Waals surface area contributed by atoms with Gasteiger partial charge in [-0.1, -0.05) is 45.9 Å². The summed E-state index contributed by atoms with van der Waals surface area (Å²) >= 11 is 0. The number of hydrogen-bond acceptors (Lipinski definition) is 7. The van der Waals surface area contributed by atoms with Crippen LogP contribution in [0.15, 0.2) is 23.8 Å². The summed E-state index contributed by atoms with van der Waals surface area (Å²) in [6.45, 7) is 13.0. The van der Waals surface area contributed by atoms with Crippen LogP contribution in [0.5, 0.6) is 0 Å². The molecule has 2 aliphatic rings. The zero-order chi connectivity index (χ0) is 29.2. The maximum absolute atomic E-state index is 12.7. The van der Waals surface area contributed by atoms with E-state index in [0.29, 0.717) is 30.6 Å². The number of allylic oxidation sites excluding steroid dienone is 3. The molecule has 0 unspecified atom stereocenters. The summed E-state index contributed by atoms with van der Waals surface area (Å²) in [7, 11) is 3.07. The van der Waals surface area contributed by atoms with Crippen LogP contribution in [0.4, 0.5) is 0 Å². The van der Waals surface area contributed by atoms with Crippen LogP contribution >= 0.6 is 0 Å². The molecular weight excluding hydrogens is 498 g/mol. The second-order valence-corrected chi connectivity index (χ2v) is 11.8. The van der Waals surface area contributed by atoms with E-state index >= 15 is 0 Å². The number of esters is 1. The number of rotatable bonds is 16. The van der Waals surface area contributed by atoms with Gasteiger partial charge >= 0.3 is 5.97 Å². The number of carbonyl (C=O) groups excluding carboxylic acids is 2. The SMILES string of the molecule is CC[C@H](OC)[C@@H](C)[C@H]1O[C@]1(C)C[C@H](C)/C=C/C=C(\C)[C@H]1O[C@@H](CC(=O)N[C@@H](CCCO)C(=O)OC)CC[C@@H]1C. The third-order valence-corrected chi connectivity index (χ3v) is 8.37. The molecule has 2 fully saturated rings. The average molecular weight is 552 g/mol. The molecule has 39 heavy (non-hydrogen) atoms. The van der Waals surface area contributed by atoms with Gasteiger partial charge in [0.25, 0.3) is 0 Å². The number of amides is 1. The molecule has 0 aliphatic carbocycles. The van der Waals surface area contributed by atoms with Gasteiger partial charge in [0.1, 0.15) is 6.04 Å². The zero-order valence-electron chi connectivity index (χ0n) is 25.4. The second kappa shape index (κ2) is 15.9. The smallest absolute Gasteiger partial charge is 0.328 e. The molecule has 0 aromatic carbocycles. The molecule has 1 amide bonds. The molecule has 2 saturated heterocycles. The molecule has 224 valence electrons. The number of aliphatic hydroxyl groups excluding tert-OH is 1. The number of carbonyl (C=O) groups is 2. The van der Waals surface area contributed by atoms with Crippen LogP contribution in [0.3, 0.4) is 0 Å². The van der Waals surface area contributed by atoms with Crippen molar-refractivity contribution in [2.75, 3.05) is 20.8 Å². The Morgan fingerprint density at radius 1 is 1.23 bits per heavy atom. The normalized spacial score (nSPS) is 30.4. The highest BCUT2D eigenvalue weighted by Crippen LogP contribution is 2.47. The fourth-order valence-corrected chi connectivity index (χ4v) is 6.09. The molecule has 8 nitrogen and oxygen atoms in total. The van der Waals surface area contributed by atoms with Crippen molar-refractivity contribution in [2.24, 2.45) is 17.8 Å². The predicted molar refractivity (Wildman–Crippen MR) is 152 cm³/mol. The molecule has 0 bridgehead atoms. The minimum absolute atomic E-state index is 0.0475. The van der Waals surface area contributed by atoms with Gasteiger partial charge in [0, 0.05) is 19.6 Å². The standard InChI is InChI=1S/C31H53NO7/c1-9-26(36-7)23(5)29-31(6,39-29)19-20(2)12-10-13-21(3)28-22(4)15-16-24(38-28)18-27(34)32-25(14-11-17-33)30(35)37-8/h10,12-13,20,22-26,28-29,33H,9,11,14-19H2,1-8H3,(H,32,34)/b12-10+,21-13+/t20-,22+,23-,24-,25+,26+,28-,29-,31-/m1/s1. The first kappa shape index (κ1) is 33.5. The zero-order valence-corrected chi connectivity index (χ0v) is 25.4. The summed E-state index contributed by atoms with van der Waals surface area (Å²) < 4.78 is 22.9. The van der Waals surface area contributed by atoms with Gasteiger partial charge in [-0.2, -0.15) is 0 Å². The second-order valence-electron chi connectivity index (χ2n) is 11.8. The van der Waals surface area contributed by atoms with E-state index in [-0.39, 0.29) is 49.0 Å². The van der Waals surface area contributed by atoms with Gasteiger partial charge in [-0.25, -0.2) is 4.79 Å². The minimum atomic E-state index is -0.753. The average Bonchev–Trinajstić information content (AvgIpc) is 3.57. The number of hydrogen-bond donors (Lipinski definition) is 2. The van der Waals surface area contributed by atoms with Crippen molar-refractivity contribution >= 4 is 11.9 Å². The minimum Gasteiger partial charge on any atom is -0.467 e. The first-order valence-electron chi connectivity index (χ1n) is 14.7. The van der Waals surface area contributed by atoms with E-state index in [1.54, 1.807) is 7.11 Å². The Bertz CT molecular complexity index is 839. The van der Waals surface area contributed by atoms with Gasteiger partial charge in [-0.15, -0.1) is 0 Å². The van der Waals surface area contributed by atoms with Crippen LogP contribution in [0.2, 0.25) is 0 Å². The lowest BCUT2D eigenvalue weighted by Crippen LogP contribution is -2.44. The van der Waals surface area contributed by atoms with E-state index in [4.69, 9.17) is 24.1 Å². The summed E-state index contributed by atoms with van der Waals surface area (Å²) in [4.78, 5) is 24.6. The lowest BCUT2D eigenvalue weighted by atomic mass is 9.86. The number of aliphatic hydroxyl groups is 1. The summed E-state index contributed by atoms with van der Waals surface area (Å²) in [5.74, 6) is 0.354.